The van der Waals surface area contributed by atoms with Crippen molar-refractivity contribution in [3.8, 4) is 0 Å². The van der Waals surface area contributed by atoms with Crippen molar-refractivity contribution in [2.24, 2.45) is 5.16 Å². The second kappa shape index (κ2) is 13.9. The van der Waals surface area contributed by atoms with Crippen LogP contribution in [0.4, 0.5) is 0 Å². The molecule has 23 heavy (non-hydrogen) atoms. The van der Waals surface area contributed by atoms with Crippen LogP contribution < -0.4 is 0 Å². The summed E-state index contributed by atoms with van der Waals surface area (Å²) in [5, 5.41) is 3.78. The SMILES string of the molecule is CCCCOC[C@H](C[C@](C)(/C=N/OC)OCCCC)OS(=O)O. The zero-order valence-electron chi connectivity index (χ0n) is 14.7. The molecule has 0 amide bonds. The number of rotatable bonds is 15. The standard InChI is InChI=1S/C15H31NO6S/c1-5-7-9-20-12-14(22-23(17)18)11-15(3,13-16-19-4)21-10-8-6-2/h13-14H,5-12H2,1-4H3,(H,17,18)/b16-13+/t14-,15+/m0/s1. The van der Waals surface area contributed by atoms with E-state index in [1.54, 1.807) is 6.21 Å². The quantitative estimate of drug-likeness (QED) is 0.211. The first-order chi connectivity index (χ1) is 11.0. The first kappa shape index (κ1) is 22.5. The van der Waals surface area contributed by atoms with Gasteiger partial charge in [0.1, 0.15) is 18.8 Å². The second-order valence-electron chi connectivity index (χ2n) is 5.50. The summed E-state index contributed by atoms with van der Waals surface area (Å²) in [5.41, 5.74) is -0.761. The van der Waals surface area contributed by atoms with Crippen LogP contribution in [0.2, 0.25) is 0 Å². The van der Waals surface area contributed by atoms with Crippen molar-refractivity contribution >= 4 is 17.6 Å². The first-order valence-corrected chi connectivity index (χ1v) is 9.08. The molecule has 0 bridgehead atoms. The normalized spacial score (nSPS) is 17.1. The Bertz CT molecular complexity index is 342. The second-order valence-corrected chi connectivity index (χ2v) is 6.13. The first-order valence-electron chi connectivity index (χ1n) is 8.04. The third kappa shape index (κ3) is 12.5. The summed E-state index contributed by atoms with van der Waals surface area (Å²) < 4.78 is 36.4. The van der Waals surface area contributed by atoms with Crippen molar-refractivity contribution in [2.75, 3.05) is 26.9 Å². The lowest BCUT2D eigenvalue weighted by Crippen LogP contribution is -2.38. The minimum atomic E-state index is -2.36. The molecule has 3 atom stereocenters. The van der Waals surface area contributed by atoms with Gasteiger partial charge in [-0.2, -0.15) is 4.21 Å². The van der Waals surface area contributed by atoms with Crippen molar-refractivity contribution in [1.29, 1.82) is 0 Å². The smallest absolute Gasteiger partial charge is 0.302 e. The lowest BCUT2D eigenvalue weighted by atomic mass is 9.99. The van der Waals surface area contributed by atoms with E-state index in [-0.39, 0.29) is 6.61 Å². The summed E-state index contributed by atoms with van der Waals surface area (Å²) in [6.07, 6.45) is 5.19. The van der Waals surface area contributed by atoms with Crippen LogP contribution in [0.5, 0.6) is 0 Å². The molecular weight excluding hydrogens is 322 g/mol. The van der Waals surface area contributed by atoms with Gasteiger partial charge >= 0.3 is 11.4 Å². The molecule has 138 valence electrons. The maximum absolute atomic E-state index is 11.0. The molecule has 0 fully saturated rings. The summed E-state index contributed by atoms with van der Waals surface area (Å²) >= 11 is -2.36. The minimum Gasteiger partial charge on any atom is -0.399 e. The van der Waals surface area contributed by atoms with Crippen molar-refractivity contribution < 1.29 is 27.3 Å². The van der Waals surface area contributed by atoms with Gasteiger partial charge in [0.05, 0.1) is 12.8 Å². The Kier molecular flexibility index (Phi) is 13.5. The maximum Gasteiger partial charge on any atom is 0.302 e. The molecule has 0 aliphatic carbocycles. The molecule has 0 aromatic rings. The Labute approximate surface area is 142 Å². The van der Waals surface area contributed by atoms with Crippen LogP contribution in [0.25, 0.3) is 0 Å². The average molecular weight is 353 g/mol. The van der Waals surface area contributed by atoms with Crippen LogP contribution in [-0.2, 0) is 29.9 Å². The molecule has 8 heteroatoms. The third-order valence-electron chi connectivity index (χ3n) is 3.16. The predicted molar refractivity (Wildman–Crippen MR) is 90.8 cm³/mol. The third-order valence-corrected chi connectivity index (χ3v) is 3.60. The molecule has 0 saturated carbocycles. The van der Waals surface area contributed by atoms with Crippen molar-refractivity contribution in [2.45, 2.75) is 64.6 Å². The van der Waals surface area contributed by atoms with Crippen LogP contribution in [0, 0.1) is 0 Å². The largest absolute Gasteiger partial charge is 0.399 e. The number of unbranched alkanes of at least 4 members (excludes halogenated alkanes) is 2. The molecule has 0 aromatic heterocycles. The molecule has 0 saturated heterocycles. The van der Waals surface area contributed by atoms with Gasteiger partial charge < -0.3 is 14.3 Å². The Morgan fingerprint density at radius 2 is 1.91 bits per heavy atom. The molecule has 0 radical (unpaired) electrons. The molecule has 0 rings (SSSR count). The van der Waals surface area contributed by atoms with Gasteiger partial charge in [-0.15, -0.1) is 0 Å². The van der Waals surface area contributed by atoms with E-state index in [9.17, 15) is 4.21 Å². The molecule has 1 N–H and O–H groups in total. The monoisotopic (exact) mass is 353 g/mol. The van der Waals surface area contributed by atoms with Crippen LogP contribution >= 0.6 is 0 Å². The van der Waals surface area contributed by atoms with Gasteiger partial charge in [0, 0.05) is 19.6 Å². The van der Waals surface area contributed by atoms with E-state index < -0.39 is 23.1 Å². The van der Waals surface area contributed by atoms with Gasteiger partial charge in [-0.1, -0.05) is 31.8 Å². The summed E-state index contributed by atoms with van der Waals surface area (Å²) in [4.78, 5) is 4.73. The fraction of sp³-hybridized carbons (Fsp3) is 0.933. The molecule has 0 aliphatic rings. The topological polar surface area (TPSA) is 86.6 Å². The van der Waals surface area contributed by atoms with Gasteiger partial charge in [0.25, 0.3) is 0 Å². The van der Waals surface area contributed by atoms with Crippen LogP contribution in [-0.4, -0.2) is 53.6 Å². The predicted octanol–water partition coefficient (Wildman–Crippen LogP) is 2.92. The highest BCUT2D eigenvalue weighted by Crippen LogP contribution is 2.19. The van der Waals surface area contributed by atoms with E-state index in [4.69, 9.17) is 23.0 Å². The van der Waals surface area contributed by atoms with E-state index in [1.807, 2.05) is 6.92 Å². The van der Waals surface area contributed by atoms with E-state index >= 15 is 0 Å². The lowest BCUT2D eigenvalue weighted by molar-refractivity contribution is -0.0298. The molecule has 0 spiro atoms. The van der Waals surface area contributed by atoms with Gasteiger partial charge in [-0.3, -0.25) is 8.74 Å². The van der Waals surface area contributed by atoms with Gasteiger partial charge in [-0.05, 0) is 19.8 Å². The fourth-order valence-corrected chi connectivity index (χ4v) is 2.27. The molecule has 0 aromatic carbocycles. The summed E-state index contributed by atoms with van der Waals surface area (Å²) in [7, 11) is 1.45. The van der Waals surface area contributed by atoms with E-state index in [1.165, 1.54) is 7.11 Å². The Morgan fingerprint density at radius 3 is 2.48 bits per heavy atom. The number of hydrogen-bond donors (Lipinski definition) is 1. The highest BCUT2D eigenvalue weighted by atomic mass is 32.2. The van der Waals surface area contributed by atoms with E-state index in [0.717, 1.165) is 25.7 Å². The van der Waals surface area contributed by atoms with Crippen LogP contribution in [0.3, 0.4) is 0 Å². The summed E-state index contributed by atoms with van der Waals surface area (Å²) in [6.45, 7) is 7.36. The molecule has 0 aliphatic heterocycles. The van der Waals surface area contributed by atoms with E-state index in [2.05, 4.69) is 19.0 Å². The highest BCUT2D eigenvalue weighted by molar-refractivity contribution is 7.74. The Balaban J connectivity index is 4.72. The van der Waals surface area contributed by atoms with Crippen molar-refractivity contribution in [1.82, 2.24) is 0 Å². The zero-order chi connectivity index (χ0) is 17.6. The highest BCUT2D eigenvalue weighted by Gasteiger charge is 2.30. The number of oxime groups is 1. The average Bonchev–Trinajstić information content (AvgIpc) is 2.49. The molecular formula is C15H31NO6S. The van der Waals surface area contributed by atoms with Gasteiger partial charge in [0.2, 0.25) is 0 Å². The van der Waals surface area contributed by atoms with Crippen LogP contribution in [0.1, 0.15) is 52.9 Å². The summed E-state index contributed by atoms with van der Waals surface area (Å²) in [5.74, 6) is 0. The van der Waals surface area contributed by atoms with Crippen molar-refractivity contribution in [3.05, 3.63) is 0 Å². The zero-order valence-corrected chi connectivity index (χ0v) is 15.5. The molecule has 0 heterocycles. The van der Waals surface area contributed by atoms with Crippen molar-refractivity contribution in [3.63, 3.8) is 0 Å². The maximum atomic E-state index is 11.0. The Hall–Kier alpha value is -0.540. The minimum absolute atomic E-state index is 0.222. The molecule has 1 unspecified atom stereocenters. The number of ether oxygens (including phenoxy) is 2. The Morgan fingerprint density at radius 1 is 1.26 bits per heavy atom. The fourth-order valence-electron chi connectivity index (χ4n) is 1.91. The van der Waals surface area contributed by atoms with Gasteiger partial charge in [0.15, 0.2) is 0 Å². The summed E-state index contributed by atoms with van der Waals surface area (Å²) in [6, 6.07) is 0. The van der Waals surface area contributed by atoms with E-state index in [0.29, 0.717) is 19.6 Å². The lowest BCUT2D eigenvalue weighted by Gasteiger charge is -2.29. The number of hydrogen-bond acceptors (Lipinski definition) is 6. The van der Waals surface area contributed by atoms with Crippen LogP contribution in [0.15, 0.2) is 5.16 Å². The van der Waals surface area contributed by atoms with Gasteiger partial charge in [-0.25, -0.2) is 0 Å². The number of nitrogens with zero attached hydrogens (tertiary/aromatic N) is 1. The molecule has 7 nitrogen and oxygen atoms in total.